The summed E-state index contributed by atoms with van der Waals surface area (Å²) in [6.07, 6.45) is 0. The van der Waals surface area contributed by atoms with Gasteiger partial charge in [-0.15, -0.1) is 0 Å². The van der Waals surface area contributed by atoms with Crippen molar-refractivity contribution in [2.75, 3.05) is 5.73 Å². The van der Waals surface area contributed by atoms with Crippen molar-refractivity contribution in [3.63, 3.8) is 0 Å². The highest BCUT2D eigenvalue weighted by atomic mass is 16.1. The van der Waals surface area contributed by atoms with E-state index in [1.165, 1.54) is 0 Å². The molecule has 0 bridgehead atoms. The smallest absolute Gasteiger partial charge is 0.249 e. The van der Waals surface area contributed by atoms with Crippen molar-refractivity contribution >= 4 is 11.6 Å². The van der Waals surface area contributed by atoms with Crippen LogP contribution in [0.1, 0.15) is 10.4 Å². The lowest BCUT2D eigenvalue weighted by molar-refractivity contribution is 0.100. The highest BCUT2D eigenvalue weighted by Gasteiger charge is 2.26. The highest BCUT2D eigenvalue weighted by Crippen LogP contribution is 2.49. The van der Waals surface area contributed by atoms with E-state index in [0.717, 1.165) is 22.3 Å². The van der Waals surface area contributed by atoms with Crippen molar-refractivity contribution in [1.29, 1.82) is 0 Å². The third-order valence-electron chi connectivity index (χ3n) is 2.91. The van der Waals surface area contributed by atoms with Gasteiger partial charge in [-0.25, -0.2) is 0 Å². The van der Waals surface area contributed by atoms with Gasteiger partial charge in [0.1, 0.15) is 0 Å². The number of primary amides is 1. The van der Waals surface area contributed by atoms with Crippen LogP contribution in [0.3, 0.4) is 0 Å². The average molecular weight is 210 g/mol. The number of carbonyl (C=O) groups excluding carboxylic acids is 1. The summed E-state index contributed by atoms with van der Waals surface area (Å²) >= 11 is 0. The molecule has 0 unspecified atom stereocenters. The summed E-state index contributed by atoms with van der Waals surface area (Å²) in [4.78, 5) is 11.3. The molecule has 2 aromatic carbocycles. The van der Waals surface area contributed by atoms with Gasteiger partial charge in [0, 0.05) is 16.8 Å². The van der Waals surface area contributed by atoms with E-state index in [0.29, 0.717) is 11.3 Å². The van der Waals surface area contributed by atoms with Crippen molar-refractivity contribution in [3.05, 3.63) is 42.0 Å². The van der Waals surface area contributed by atoms with Crippen LogP contribution in [0.5, 0.6) is 0 Å². The van der Waals surface area contributed by atoms with Gasteiger partial charge in [0.15, 0.2) is 0 Å². The fraction of sp³-hybridized carbons (Fsp3) is 0. The Morgan fingerprint density at radius 2 is 1.69 bits per heavy atom. The van der Waals surface area contributed by atoms with Crippen LogP contribution in [-0.4, -0.2) is 5.91 Å². The van der Waals surface area contributed by atoms with Gasteiger partial charge in [-0.1, -0.05) is 24.3 Å². The molecule has 0 fully saturated rings. The molecule has 0 aliphatic heterocycles. The van der Waals surface area contributed by atoms with Gasteiger partial charge in [-0.3, -0.25) is 4.79 Å². The minimum Gasteiger partial charge on any atom is -0.399 e. The third-order valence-corrected chi connectivity index (χ3v) is 2.91. The molecule has 0 saturated heterocycles. The van der Waals surface area contributed by atoms with Crippen LogP contribution in [0, 0.1) is 0 Å². The Kier molecular flexibility index (Phi) is 1.60. The number of benzene rings is 2. The molecule has 3 heteroatoms. The van der Waals surface area contributed by atoms with Gasteiger partial charge in [0.25, 0.3) is 0 Å². The summed E-state index contributed by atoms with van der Waals surface area (Å²) < 4.78 is 0. The monoisotopic (exact) mass is 210 g/mol. The lowest BCUT2D eigenvalue weighted by Gasteiger charge is -2.26. The average Bonchev–Trinajstić information content (AvgIpc) is 2.25. The number of hydrogen-bond donors (Lipinski definition) is 2. The van der Waals surface area contributed by atoms with Crippen LogP contribution in [0.4, 0.5) is 5.69 Å². The van der Waals surface area contributed by atoms with E-state index in [1.54, 1.807) is 6.07 Å². The molecule has 3 nitrogen and oxygen atoms in total. The first kappa shape index (κ1) is 8.97. The molecule has 3 rings (SSSR count). The van der Waals surface area contributed by atoms with Gasteiger partial charge in [-0.2, -0.15) is 0 Å². The van der Waals surface area contributed by atoms with E-state index in [-0.39, 0.29) is 0 Å². The first-order valence-electron chi connectivity index (χ1n) is 5.01. The summed E-state index contributed by atoms with van der Waals surface area (Å²) in [5, 5.41) is 0. The van der Waals surface area contributed by atoms with Crippen LogP contribution in [0.25, 0.3) is 22.3 Å². The Morgan fingerprint density at radius 3 is 2.38 bits per heavy atom. The maximum Gasteiger partial charge on any atom is 0.249 e. The summed E-state index contributed by atoms with van der Waals surface area (Å²) in [7, 11) is 0. The number of fused-ring (bicyclic) bond motifs is 4. The van der Waals surface area contributed by atoms with Gasteiger partial charge < -0.3 is 11.5 Å². The second-order valence-electron chi connectivity index (χ2n) is 3.90. The van der Waals surface area contributed by atoms with E-state index in [1.807, 2.05) is 30.3 Å². The van der Waals surface area contributed by atoms with Crippen LogP contribution in [-0.2, 0) is 0 Å². The van der Waals surface area contributed by atoms with Gasteiger partial charge >= 0.3 is 0 Å². The van der Waals surface area contributed by atoms with Gasteiger partial charge in [0.05, 0.1) is 0 Å². The third kappa shape index (κ3) is 0.997. The maximum absolute atomic E-state index is 11.3. The number of anilines is 1. The molecule has 0 heterocycles. The van der Waals surface area contributed by atoms with E-state index >= 15 is 0 Å². The Hall–Kier alpha value is -2.29. The number of hydrogen-bond acceptors (Lipinski definition) is 2. The molecule has 0 radical (unpaired) electrons. The largest absolute Gasteiger partial charge is 0.399 e. The van der Waals surface area contributed by atoms with E-state index in [4.69, 9.17) is 11.5 Å². The van der Waals surface area contributed by atoms with Crippen molar-refractivity contribution in [2.24, 2.45) is 5.73 Å². The Labute approximate surface area is 92.7 Å². The molecule has 1 aliphatic rings. The maximum atomic E-state index is 11.3. The number of nitrogens with two attached hydrogens (primary N) is 2. The Bertz CT molecular complexity index is 617. The van der Waals surface area contributed by atoms with E-state index in [2.05, 4.69) is 0 Å². The Balaban J connectivity index is 2.32. The molecule has 1 amide bonds. The molecule has 0 atom stereocenters. The fourth-order valence-electron chi connectivity index (χ4n) is 2.23. The van der Waals surface area contributed by atoms with Gasteiger partial charge in [0.2, 0.25) is 5.91 Å². The molecule has 78 valence electrons. The molecule has 2 aromatic rings. The predicted octanol–water partition coefficient (Wildman–Crippen LogP) is 2.02. The second kappa shape index (κ2) is 2.85. The molecule has 4 N–H and O–H groups in total. The molecule has 0 saturated carbocycles. The number of nitrogen functional groups attached to an aromatic ring is 1. The molecular weight excluding hydrogens is 200 g/mol. The topological polar surface area (TPSA) is 69.1 Å². The van der Waals surface area contributed by atoms with Crippen LogP contribution in [0.2, 0.25) is 0 Å². The van der Waals surface area contributed by atoms with Gasteiger partial charge in [-0.05, 0) is 28.8 Å². The first-order valence-corrected chi connectivity index (χ1v) is 5.01. The Morgan fingerprint density at radius 1 is 1.00 bits per heavy atom. The first-order chi connectivity index (χ1) is 7.68. The van der Waals surface area contributed by atoms with Crippen molar-refractivity contribution < 1.29 is 4.79 Å². The summed E-state index contributed by atoms with van der Waals surface area (Å²) in [5.74, 6) is -0.432. The zero-order valence-electron chi connectivity index (χ0n) is 8.53. The van der Waals surface area contributed by atoms with Crippen molar-refractivity contribution in [1.82, 2.24) is 0 Å². The zero-order chi connectivity index (χ0) is 11.3. The van der Waals surface area contributed by atoms with Crippen molar-refractivity contribution in [2.45, 2.75) is 0 Å². The van der Waals surface area contributed by atoms with Crippen LogP contribution >= 0.6 is 0 Å². The molecule has 0 spiro atoms. The van der Waals surface area contributed by atoms with Crippen LogP contribution < -0.4 is 11.5 Å². The van der Waals surface area contributed by atoms with Crippen molar-refractivity contribution in [3.8, 4) is 22.3 Å². The molecular formula is C13H10N2O. The lowest BCUT2D eigenvalue weighted by Crippen LogP contribution is -2.16. The second-order valence-corrected chi connectivity index (χ2v) is 3.90. The zero-order valence-corrected chi connectivity index (χ0v) is 8.53. The normalized spacial score (nSPS) is 11.2. The summed E-state index contributed by atoms with van der Waals surface area (Å²) in [6.45, 7) is 0. The number of amides is 1. The van der Waals surface area contributed by atoms with E-state index in [9.17, 15) is 4.79 Å². The van der Waals surface area contributed by atoms with Crippen LogP contribution in [0.15, 0.2) is 36.4 Å². The highest BCUT2D eigenvalue weighted by molar-refractivity contribution is 6.13. The number of carbonyl (C=O) groups is 1. The number of rotatable bonds is 1. The quantitative estimate of drug-likeness (QED) is 0.603. The molecule has 16 heavy (non-hydrogen) atoms. The van der Waals surface area contributed by atoms with E-state index < -0.39 is 5.91 Å². The lowest BCUT2D eigenvalue weighted by atomic mass is 9.77. The standard InChI is InChI=1S/C13H10N2O/c14-7-5-10-8-3-1-2-4-9(8)12(10)11(6-7)13(15)16/h1-6H,14H2,(H2,15,16). The molecule has 1 aliphatic carbocycles. The summed E-state index contributed by atoms with van der Waals surface area (Å²) in [5.41, 5.74) is 16.3. The summed E-state index contributed by atoms with van der Waals surface area (Å²) in [6, 6.07) is 11.4. The SMILES string of the molecule is NC(=O)c1cc(N)cc2c1-c1ccccc1-2. The predicted molar refractivity (Wildman–Crippen MR) is 63.8 cm³/mol. The fourth-order valence-corrected chi connectivity index (χ4v) is 2.23. The molecule has 0 aromatic heterocycles. The minimum absolute atomic E-state index is 0.432. The minimum atomic E-state index is -0.432.